The van der Waals surface area contributed by atoms with Crippen molar-refractivity contribution in [3.8, 4) is 0 Å². The zero-order valence-corrected chi connectivity index (χ0v) is 14.0. The molecule has 0 aromatic carbocycles. The molecule has 136 valence electrons. The van der Waals surface area contributed by atoms with Crippen molar-refractivity contribution in [3.05, 3.63) is 48.8 Å². The molecule has 2 amide bonds. The lowest BCUT2D eigenvalue weighted by molar-refractivity contribution is -0.142. The van der Waals surface area contributed by atoms with Crippen molar-refractivity contribution in [1.82, 2.24) is 14.9 Å². The van der Waals surface area contributed by atoms with Crippen LogP contribution in [0.15, 0.2) is 48.8 Å². The number of carbonyl (C=O) groups excluding carboxylic acids is 1. The third-order valence-electron chi connectivity index (χ3n) is 3.63. The van der Waals surface area contributed by atoms with E-state index < -0.39 is 24.0 Å². The van der Waals surface area contributed by atoms with Crippen LogP contribution in [0.25, 0.3) is 0 Å². The van der Waals surface area contributed by atoms with Gasteiger partial charge in [-0.15, -0.1) is 0 Å². The van der Waals surface area contributed by atoms with Crippen molar-refractivity contribution in [1.29, 1.82) is 0 Å². The van der Waals surface area contributed by atoms with Gasteiger partial charge in [0.25, 0.3) is 0 Å². The first kappa shape index (κ1) is 18.8. The van der Waals surface area contributed by atoms with Crippen LogP contribution in [0.3, 0.4) is 0 Å². The predicted molar refractivity (Wildman–Crippen MR) is 92.1 cm³/mol. The van der Waals surface area contributed by atoms with Gasteiger partial charge in [-0.2, -0.15) is 0 Å². The van der Waals surface area contributed by atoms with Gasteiger partial charge in [-0.1, -0.05) is 12.1 Å². The molecule has 0 spiro atoms. The van der Waals surface area contributed by atoms with Crippen molar-refractivity contribution < 1.29 is 24.6 Å². The number of amides is 2. The van der Waals surface area contributed by atoms with Gasteiger partial charge < -0.3 is 15.1 Å². The minimum atomic E-state index is -1.30. The van der Waals surface area contributed by atoms with E-state index in [-0.39, 0.29) is 24.5 Å². The fraction of sp³-hybridized carbons (Fsp3) is 0.235. The number of carboxylic acid groups (broad SMARTS) is 2. The minimum Gasteiger partial charge on any atom is -0.481 e. The molecule has 26 heavy (non-hydrogen) atoms. The van der Waals surface area contributed by atoms with Crippen LogP contribution in [0.2, 0.25) is 0 Å². The van der Waals surface area contributed by atoms with Crippen molar-refractivity contribution in [2.75, 3.05) is 11.9 Å². The first-order valence-electron chi connectivity index (χ1n) is 7.75. The molecule has 0 radical (unpaired) electrons. The molecule has 2 aromatic rings. The average Bonchev–Trinajstić information content (AvgIpc) is 2.63. The Bertz CT molecular complexity index is 730. The lowest BCUT2D eigenvalue weighted by atomic mass is 10.1. The Labute approximate surface area is 149 Å². The molecule has 0 aliphatic heterocycles. The Morgan fingerprint density at radius 2 is 1.54 bits per heavy atom. The van der Waals surface area contributed by atoms with Gasteiger partial charge >= 0.3 is 18.0 Å². The molecule has 0 bridgehead atoms. The number of hydrogen-bond acceptors (Lipinski definition) is 5. The van der Waals surface area contributed by atoms with E-state index in [4.69, 9.17) is 5.11 Å². The van der Waals surface area contributed by atoms with E-state index in [2.05, 4.69) is 9.97 Å². The molecule has 0 aliphatic rings. The molecule has 2 N–H and O–H groups in total. The van der Waals surface area contributed by atoms with E-state index in [1.807, 2.05) is 0 Å². The van der Waals surface area contributed by atoms with Crippen LogP contribution >= 0.6 is 0 Å². The number of rotatable bonds is 7. The van der Waals surface area contributed by atoms with Crippen LogP contribution in [0.4, 0.5) is 16.4 Å². The van der Waals surface area contributed by atoms with Gasteiger partial charge in [0.05, 0.1) is 0 Å². The summed E-state index contributed by atoms with van der Waals surface area (Å²) in [6, 6.07) is 7.94. The largest absolute Gasteiger partial charge is 0.481 e. The van der Waals surface area contributed by atoms with E-state index in [1.54, 1.807) is 36.4 Å². The number of pyridine rings is 2. The van der Waals surface area contributed by atoms with Gasteiger partial charge in [0, 0.05) is 25.9 Å². The first-order chi connectivity index (χ1) is 12.4. The second-order valence-corrected chi connectivity index (χ2v) is 5.39. The lowest BCUT2D eigenvalue weighted by Crippen LogP contribution is -2.48. The molecule has 2 aromatic heterocycles. The second-order valence-electron chi connectivity index (χ2n) is 5.39. The second kappa shape index (κ2) is 8.56. The summed E-state index contributed by atoms with van der Waals surface area (Å²) in [6.45, 7) is 0. The van der Waals surface area contributed by atoms with Gasteiger partial charge in [-0.3, -0.25) is 4.79 Å². The van der Waals surface area contributed by atoms with E-state index >= 15 is 0 Å². The summed E-state index contributed by atoms with van der Waals surface area (Å²) in [7, 11) is 1.31. The van der Waals surface area contributed by atoms with Gasteiger partial charge in [0.2, 0.25) is 0 Å². The van der Waals surface area contributed by atoms with Crippen molar-refractivity contribution in [2.24, 2.45) is 0 Å². The highest BCUT2D eigenvalue weighted by molar-refractivity contribution is 5.99. The zero-order valence-electron chi connectivity index (χ0n) is 14.0. The SMILES string of the molecule is CN(C(=O)N(c1ccccn1)c1ccccn1)[C@@H](CCC(=O)O)C(=O)O. The maximum absolute atomic E-state index is 13.0. The molecule has 2 rings (SSSR count). The number of urea groups is 1. The molecule has 0 aliphatic carbocycles. The van der Waals surface area contributed by atoms with Crippen LogP contribution in [0.1, 0.15) is 12.8 Å². The van der Waals surface area contributed by atoms with Gasteiger partial charge in [0.15, 0.2) is 0 Å². The fourth-order valence-electron chi connectivity index (χ4n) is 2.32. The molecular weight excluding hydrogens is 340 g/mol. The van der Waals surface area contributed by atoms with Crippen LogP contribution in [0.5, 0.6) is 0 Å². The monoisotopic (exact) mass is 358 g/mol. The highest BCUT2D eigenvalue weighted by Gasteiger charge is 2.32. The Hall–Kier alpha value is -3.49. The van der Waals surface area contributed by atoms with Crippen LogP contribution < -0.4 is 4.90 Å². The number of anilines is 2. The summed E-state index contributed by atoms with van der Waals surface area (Å²) >= 11 is 0. The van der Waals surface area contributed by atoms with Crippen LogP contribution in [0, 0.1) is 0 Å². The van der Waals surface area contributed by atoms with Crippen molar-refractivity contribution >= 4 is 29.6 Å². The molecule has 9 nitrogen and oxygen atoms in total. The predicted octanol–water partition coefficient (Wildman–Crippen LogP) is 1.98. The summed E-state index contributed by atoms with van der Waals surface area (Å²) in [4.78, 5) is 45.7. The summed E-state index contributed by atoms with van der Waals surface area (Å²) in [5, 5.41) is 18.2. The maximum Gasteiger partial charge on any atom is 0.332 e. The van der Waals surface area contributed by atoms with E-state index in [9.17, 15) is 19.5 Å². The number of aromatic nitrogens is 2. The fourth-order valence-corrected chi connectivity index (χ4v) is 2.32. The first-order valence-corrected chi connectivity index (χ1v) is 7.75. The highest BCUT2D eigenvalue weighted by atomic mass is 16.4. The number of nitrogens with zero attached hydrogens (tertiary/aromatic N) is 4. The van der Waals surface area contributed by atoms with E-state index in [0.29, 0.717) is 0 Å². The topological polar surface area (TPSA) is 124 Å². The van der Waals surface area contributed by atoms with Crippen LogP contribution in [-0.2, 0) is 9.59 Å². The Kier molecular flexibility index (Phi) is 6.20. The molecule has 0 unspecified atom stereocenters. The number of aliphatic carboxylic acids is 2. The summed E-state index contributed by atoms with van der Waals surface area (Å²) < 4.78 is 0. The molecule has 2 heterocycles. The lowest BCUT2D eigenvalue weighted by Gasteiger charge is -2.30. The van der Waals surface area contributed by atoms with Crippen LogP contribution in [-0.4, -0.2) is 56.1 Å². The van der Waals surface area contributed by atoms with Gasteiger partial charge in [-0.25, -0.2) is 24.5 Å². The van der Waals surface area contributed by atoms with E-state index in [0.717, 1.165) is 4.90 Å². The number of carbonyl (C=O) groups is 3. The summed E-state index contributed by atoms with van der Waals surface area (Å²) in [5.74, 6) is -1.89. The molecule has 0 fully saturated rings. The number of hydrogen-bond donors (Lipinski definition) is 2. The standard InChI is InChI=1S/C17H18N4O5/c1-20(12(16(24)25)8-9-15(22)23)17(26)21(13-6-2-4-10-18-13)14-7-3-5-11-19-14/h2-7,10-12H,8-9H2,1H3,(H,22,23)(H,24,25)/t12-/m0/s1. The molecule has 0 saturated heterocycles. The van der Waals surface area contributed by atoms with E-state index in [1.165, 1.54) is 24.3 Å². The smallest absolute Gasteiger partial charge is 0.332 e. The molecule has 9 heteroatoms. The average molecular weight is 358 g/mol. The van der Waals surface area contributed by atoms with Gasteiger partial charge in [0.1, 0.15) is 17.7 Å². The third-order valence-corrected chi connectivity index (χ3v) is 3.63. The Morgan fingerprint density at radius 1 is 1.00 bits per heavy atom. The number of likely N-dealkylation sites (N-methyl/N-ethyl adjacent to an activating group) is 1. The quantitative estimate of drug-likeness (QED) is 0.775. The molecule has 0 saturated carbocycles. The number of carboxylic acids is 2. The highest BCUT2D eigenvalue weighted by Crippen LogP contribution is 2.23. The molecule has 1 atom stereocenters. The third kappa shape index (κ3) is 4.53. The van der Waals surface area contributed by atoms with Crippen molar-refractivity contribution in [3.63, 3.8) is 0 Å². The normalized spacial score (nSPS) is 11.4. The maximum atomic E-state index is 13.0. The Morgan fingerprint density at radius 3 is 1.92 bits per heavy atom. The molecular formula is C17H18N4O5. The van der Waals surface area contributed by atoms with Crippen molar-refractivity contribution in [2.45, 2.75) is 18.9 Å². The summed E-state index contributed by atoms with van der Waals surface area (Å²) in [6.07, 6.45) is 2.41. The Balaban J connectivity index is 2.36. The minimum absolute atomic E-state index is 0.217. The summed E-state index contributed by atoms with van der Waals surface area (Å²) in [5.41, 5.74) is 0. The van der Waals surface area contributed by atoms with Gasteiger partial charge in [-0.05, 0) is 30.7 Å². The zero-order chi connectivity index (χ0) is 19.1.